The number of aryl methyl sites for hydroxylation is 3. The van der Waals surface area contributed by atoms with Crippen molar-refractivity contribution in [1.82, 2.24) is 4.98 Å². The lowest BCUT2D eigenvalue weighted by molar-refractivity contribution is 0.415. The predicted molar refractivity (Wildman–Crippen MR) is 142 cm³/mol. The summed E-state index contributed by atoms with van der Waals surface area (Å²) in [6, 6.07) is 16.9. The Bertz CT molecular complexity index is 1250. The van der Waals surface area contributed by atoms with Crippen molar-refractivity contribution in [3.8, 4) is 17.0 Å². The molecule has 0 aliphatic carbocycles. The van der Waals surface area contributed by atoms with Gasteiger partial charge in [0.05, 0.1) is 23.5 Å². The Morgan fingerprint density at radius 1 is 1.03 bits per heavy atom. The largest absolute Gasteiger partial charge is 0.497 e. The number of anilines is 2. The van der Waals surface area contributed by atoms with Crippen LogP contribution in [0.3, 0.4) is 0 Å². The summed E-state index contributed by atoms with van der Waals surface area (Å²) in [5, 5.41) is 4.17. The molecule has 0 spiro atoms. The molecule has 1 aromatic heterocycles. The highest BCUT2D eigenvalue weighted by molar-refractivity contribution is 7.16. The minimum atomic E-state index is 0. The lowest BCUT2D eigenvalue weighted by Gasteiger charge is -2.25. The fraction of sp³-hybridized carbons (Fsp3) is 0.269. The number of aromatic nitrogens is 1. The molecule has 3 nitrogen and oxygen atoms in total. The summed E-state index contributed by atoms with van der Waals surface area (Å²) in [6.45, 7) is 9.53. The van der Waals surface area contributed by atoms with Crippen LogP contribution in [0.2, 0.25) is 5.02 Å². The van der Waals surface area contributed by atoms with E-state index in [1.54, 1.807) is 18.4 Å². The van der Waals surface area contributed by atoms with Crippen molar-refractivity contribution in [2.24, 2.45) is 0 Å². The van der Waals surface area contributed by atoms with Crippen LogP contribution in [0.25, 0.3) is 22.0 Å². The summed E-state index contributed by atoms with van der Waals surface area (Å²) in [5.74, 6) is 0.746. The molecule has 0 aliphatic heterocycles. The second-order valence-corrected chi connectivity index (χ2v) is 9.44. The maximum Gasteiger partial charge on any atom is 0.190 e. The normalized spacial score (nSPS) is 10.8. The van der Waals surface area contributed by atoms with Gasteiger partial charge in [0.15, 0.2) is 5.13 Å². The van der Waals surface area contributed by atoms with Crippen LogP contribution in [0.5, 0.6) is 5.75 Å². The van der Waals surface area contributed by atoms with Crippen molar-refractivity contribution in [3.63, 3.8) is 0 Å². The summed E-state index contributed by atoms with van der Waals surface area (Å²) in [6.07, 6.45) is 1.03. The number of hydrogen-bond acceptors (Lipinski definition) is 4. The lowest BCUT2D eigenvalue weighted by Crippen LogP contribution is -2.19. The van der Waals surface area contributed by atoms with Gasteiger partial charge in [0.1, 0.15) is 5.75 Å². The maximum atomic E-state index is 6.57. The van der Waals surface area contributed by atoms with Gasteiger partial charge in [0.25, 0.3) is 0 Å². The van der Waals surface area contributed by atoms with E-state index >= 15 is 0 Å². The third kappa shape index (κ3) is 4.59. The van der Waals surface area contributed by atoms with Gasteiger partial charge in [-0.2, -0.15) is 0 Å². The van der Waals surface area contributed by atoms with Crippen molar-refractivity contribution in [2.75, 3.05) is 18.6 Å². The van der Waals surface area contributed by atoms with Crippen LogP contribution in [-0.4, -0.2) is 18.6 Å². The van der Waals surface area contributed by atoms with Gasteiger partial charge in [-0.25, -0.2) is 4.98 Å². The standard InChI is InChI=1S/C26H27ClN2OS.ClH/c1-6-13-29(25-17(3)8-9-19-14-16(2)7-11-21(19)25)26-28-24(18(4)31-26)22-12-10-20(30-5)15-23(22)27;/h7-12,14-15H,6,13H2,1-5H3;1H. The molecular weight excluding hydrogens is 459 g/mol. The summed E-state index contributed by atoms with van der Waals surface area (Å²) >= 11 is 8.29. The van der Waals surface area contributed by atoms with E-state index < -0.39 is 0 Å². The molecule has 0 radical (unpaired) electrons. The van der Waals surface area contributed by atoms with Crippen molar-refractivity contribution < 1.29 is 4.74 Å². The van der Waals surface area contributed by atoms with Gasteiger partial charge < -0.3 is 9.64 Å². The Balaban J connectivity index is 0.00000289. The van der Waals surface area contributed by atoms with Crippen molar-refractivity contribution in [3.05, 3.63) is 69.6 Å². The minimum absolute atomic E-state index is 0. The van der Waals surface area contributed by atoms with Gasteiger partial charge in [0, 0.05) is 22.4 Å². The Kier molecular flexibility index (Phi) is 7.71. The second-order valence-electron chi connectivity index (χ2n) is 7.85. The average Bonchev–Trinajstić information content (AvgIpc) is 3.13. The number of benzene rings is 3. The summed E-state index contributed by atoms with van der Waals surface area (Å²) in [7, 11) is 1.65. The Labute approximate surface area is 205 Å². The number of nitrogens with zero attached hydrogens (tertiary/aromatic N) is 2. The number of rotatable bonds is 6. The van der Waals surface area contributed by atoms with Crippen LogP contribution in [0.4, 0.5) is 10.8 Å². The molecule has 0 atom stereocenters. The van der Waals surface area contributed by atoms with Crippen LogP contribution in [-0.2, 0) is 0 Å². The molecule has 4 rings (SSSR count). The third-order valence-corrected chi connectivity index (χ3v) is 6.82. The number of hydrogen-bond donors (Lipinski definition) is 0. The van der Waals surface area contributed by atoms with Crippen LogP contribution in [0.15, 0.2) is 48.5 Å². The molecule has 6 heteroatoms. The van der Waals surface area contributed by atoms with Crippen molar-refractivity contribution in [1.29, 1.82) is 0 Å². The van der Waals surface area contributed by atoms with E-state index in [0.717, 1.165) is 40.0 Å². The first-order valence-corrected chi connectivity index (χ1v) is 11.7. The van der Waals surface area contributed by atoms with E-state index in [1.165, 1.54) is 27.6 Å². The zero-order chi connectivity index (χ0) is 22.1. The van der Waals surface area contributed by atoms with Crippen LogP contribution in [0.1, 0.15) is 29.3 Å². The van der Waals surface area contributed by atoms with E-state index in [-0.39, 0.29) is 12.4 Å². The highest BCUT2D eigenvalue weighted by Gasteiger charge is 2.21. The van der Waals surface area contributed by atoms with E-state index in [9.17, 15) is 0 Å². The van der Waals surface area contributed by atoms with Gasteiger partial charge >= 0.3 is 0 Å². The Morgan fingerprint density at radius 3 is 2.50 bits per heavy atom. The van der Waals surface area contributed by atoms with Gasteiger partial charge in [0.2, 0.25) is 0 Å². The number of halogens is 2. The molecule has 0 amide bonds. The molecular formula is C26H28Cl2N2OS. The van der Waals surface area contributed by atoms with E-state index in [0.29, 0.717) is 5.02 Å². The molecule has 0 unspecified atom stereocenters. The number of fused-ring (bicyclic) bond motifs is 1. The number of methoxy groups -OCH3 is 1. The quantitative estimate of drug-likeness (QED) is 0.273. The lowest BCUT2D eigenvalue weighted by atomic mass is 10.0. The molecule has 168 valence electrons. The second kappa shape index (κ2) is 10.1. The van der Waals surface area contributed by atoms with E-state index in [2.05, 4.69) is 62.9 Å². The molecule has 4 aromatic rings. The topological polar surface area (TPSA) is 25.4 Å². The smallest absolute Gasteiger partial charge is 0.190 e. The highest BCUT2D eigenvalue weighted by atomic mass is 35.5. The van der Waals surface area contributed by atoms with Crippen LogP contribution in [0, 0.1) is 20.8 Å². The monoisotopic (exact) mass is 486 g/mol. The average molecular weight is 487 g/mol. The third-order valence-electron chi connectivity index (χ3n) is 5.51. The molecule has 3 aromatic carbocycles. The molecule has 0 N–H and O–H groups in total. The predicted octanol–water partition coefficient (Wildman–Crippen LogP) is 8.52. The van der Waals surface area contributed by atoms with Crippen molar-refractivity contribution >= 4 is 56.9 Å². The molecule has 0 fully saturated rings. The first-order chi connectivity index (χ1) is 14.9. The SMILES string of the molecule is CCCN(c1nc(-c2ccc(OC)cc2Cl)c(C)s1)c1c(C)ccc2cc(C)ccc12.Cl. The first-order valence-electron chi connectivity index (χ1n) is 10.5. The molecule has 0 aliphatic rings. The van der Waals surface area contributed by atoms with E-state index in [1.807, 2.05) is 18.2 Å². The molecule has 32 heavy (non-hydrogen) atoms. The maximum absolute atomic E-state index is 6.57. The zero-order valence-electron chi connectivity index (χ0n) is 19.0. The number of ether oxygens (including phenoxy) is 1. The fourth-order valence-corrected chi connectivity index (χ4v) is 5.21. The fourth-order valence-electron chi connectivity index (χ4n) is 3.99. The van der Waals surface area contributed by atoms with Gasteiger partial charge in [-0.05, 0) is 56.3 Å². The Hall–Kier alpha value is -2.27. The van der Waals surface area contributed by atoms with Gasteiger partial charge in [-0.3, -0.25) is 0 Å². The van der Waals surface area contributed by atoms with Crippen molar-refractivity contribution in [2.45, 2.75) is 34.1 Å². The highest BCUT2D eigenvalue weighted by Crippen LogP contribution is 2.42. The van der Waals surface area contributed by atoms with Gasteiger partial charge in [-0.1, -0.05) is 54.4 Å². The van der Waals surface area contributed by atoms with E-state index in [4.69, 9.17) is 21.3 Å². The summed E-state index contributed by atoms with van der Waals surface area (Å²) < 4.78 is 5.30. The van der Waals surface area contributed by atoms with Gasteiger partial charge in [-0.15, -0.1) is 23.7 Å². The number of thiazole rings is 1. The van der Waals surface area contributed by atoms with Crippen LogP contribution >= 0.6 is 35.3 Å². The summed E-state index contributed by atoms with van der Waals surface area (Å²) in [5.41, 5.74) is 5.62. The summed E-state index contributed by atoms with van der Waals surface area (Å²) in [4.78, 5) is 8.59. The molecule has 0 saturated heterocycles. The Morgan fingerprint density at radius 2 is 1.81 bits per heavy atom. The molecule has 0 saturated carbocycles. The van der Waals surface area contributed by atoms with Crippen LogP contribution < -0.4 is 9.64 Å². The molecule has 0 bridgehead atoms. The minimum Gasteiger partial charge on any atom is -0.497 e. The first kappa shape index (κ1) is 24.4. The molecule has 1 heterocycles. The zero-order valence-corrected chi connectivity index (χ0v) is 21.4.